The normalized spacial score (nSPS) is 20.4. The molecule has 0 heterocycles. The molecule has 112 valence electrons. The van der Waals surface area contributed by atoms with Crippen LogP contribution in [0.1, 0.15) is 39.0 Å². The van der Waals surface area contributed by atoms with E-state index >= 15 is 0 Å². The van der Waals surface area contributed by atoms with Gasteiger partial charge in [0.05, 0.1) is 0 Å². The molecule has 2 aliphatic carbocycles. The Kier molecular flexibility index (Phi) is 5.22. The molecule has 0 aromatic heterocycles. The van der Waals surface area contributed by atoms with Crippen molar-refractivity contribution < 1.29 is 8.42 Å². The lowest BCUT2D eigenvalue weighted by atomic mass is 10.4. The molecular formula is C13H27N3O2S. The van der Waals surface area contributed by atoms with Crippen LogP contribution in [0, 0.1) is 5.92 Å². The van der Waals surface area contributed by atoms with Crippen LogP contribution < -0.4 is 5.32 Å². The predicted octanol–water partition coefficient (Wildman–Crippen LogP) is 1.04. The smallest absolute Gasteiger partial charge is 0.281 e. The summed E-state index contributed by atoms with van der Waals surface area (Å²) < 4.78 is 28.4. The minimum Gasteiger partial charge on any atom is -0.317 e. The molecule has 2 rings (SSSR count). The molecule has 0 radical (unpaired) electrons. The maximum Gasteiger partial charge on any atom is 0.281 e. The molecule has 6 heteroatoms. The summed E-state index contributed by atoms with van der Waals surface area (Å²) in [5.41, 5.74) is 0. The molecule has 0 unspecified atom stereocenters. The lowest BCUT2D eigenvalue weighted by molar-refractivity contribution is 0.340. The number of rotatable bonds is 10. The van der Waals surface area contributed by atoms with Crippen LogP contribution in [-0.2, 0) is 10.2 Å². The van der Waals surface area contributed by atoms with Crippen molar-refractivity contribution in [1.82, 2.24) is 13.9 Å². The van der Waals surface area contributed by atoms with Crippen LogP contribution in [0.15, 0.2) is 0 Å². The van der Waals surface area contributed by atoms with Crippen molar-refractivity contribution >= 4 is 10.2 Å². The van der Waals surface area contributed by atoms with Crippen molar-refractivity contribution in [2.24, 2.45) is 5.92 Å². The molecule has 2 aliphatic rings. The van der Waals surface area contributed by atoms with E-state index < -0.39 is 10.2 Å². The zero-order valence-corrected chi connectivity index (χ0v) is 13.0. The van der Waals surface area contributed by atoms with Crippen LogP contribution in [0.2, 0.25) is 0 Å². The standard InChI is InChI=1S/C13H27N3O2S/c1-3-14-9-4-10-15(2)19(17,18)16(13-7-8-13)11-12-5-6-12/h12-14H,3-11H2,1-2H3. The average molecular weight is 289 g/mol. The molecule has 5 nitrogen and oxygen atoms in total. The monoisotopic (exact) mass is 289 g/mol. The second-order valence-corrected chi connectivity index (χ2v) is 7.77. The highest BCUT2D eigenvalue weighted by Crippen LogP contribution is 2.36. The highest BCUT2D eigenvalue weighted by Gasteiger charge is 2.41. The fourth-order valence-electron chi connectivity index (χ4n) is 2.25. The van der Waals surface area contributed by atoms with Crippen molar-refractivity contribution in [3.05, 3.63) is 0 Å². The molecule has 0 amide bonds. The highest BCUT2D eigenvalue weighted by atomic mass is 32.2. The fourth-order valence-corrected chi connectivity index (χ4v) is 3.95. The third-order valence-corrected chi connectivity index (χ3v) is 5.87. The van der Waals surface area contributed by atoms with Gasteiger partial charge in [0.2, 0.25) is 0 Å². The van der Waals surface area contributed by atoms with Crippen LogP contribution >= 0.6 is 0 Å². The second-order valence-electron chi connectivity index (χ2n) is 5.78. The lowest BCUT2D eigenvalue weighted by Crippen LogP contribution is -2.44. The highest BCUT2D eigenvalue weighted by molar-refractivity contribution is 7.86. The Labute approximate surface area is 117 Å². The van der Waals surface area contributed by atoms with Gasteiger partial charge in [-0.2, -0.15) is 17.0 Å². The Morgan fingerprint density at radius 2 is 1.89 bits per heavy atom. The Hall–Kier alpha value is -0.170. The van der Waals surface area contributed by atoms with Crippen molar-refractivity contribution in [1.29, 1.82) is 0 Å². The van der Waals surface area contributed by atoms with Crippen LogP contribution in [0.4, 0.5) is 0 Å². The Morgan fingerprint density at radius 3 is 2.42 bits per heavy atom. The van der Waals surface area contributed by atoms with E-state index in [1.165, 1.54) is 17.1 Å². The first-order valence-electron chi connectivity index (χ1n) is 7.49. The van der Waals surface area contributed by atoms with E-state index in [1.54, 1.807) is 11.4 Å². The zero-order valence-electron chi connectivity index (χ0n) is 12.1. The summed E-state index contributed by atoms with van der Waals surface area (Å²) >= 11 is 0. The van der Waals surface area contributed by atoms with E-state index in [9.17, 15) is 8.42 Å². The summed E-state index contributed by atoms with van der Waals surface area (Å²) in [5.74, 6) is 0.616. The molecular weight excluding hydrogens is 262 g/mol. The molecule has 0 aromatic carbocycles. The van der Waals surface area contributed by atoms with Gasteiger partial charge in [0.1, 0.15) is 0 Å². The molecule has 1 N–H and O–H groups in total. The van der Waals surface area contributed by atoms with Crippen molar-refractivity contribution in [2.75, 3.05) is 33.2 Å². The summed E-state index contributed by atoms with van der Waals surface area (Å²) in [6.07, 6.45) is 5.34. The van der Waals surface area contributed by atoms with Gasteiger partial charge in [-0.15, -0.1) is 0 Å². The van der Waals surface area contributed by atoms with Crippen LogP contribution in [0.25, 0.3) is 0 Å². The minimum absolute atomic E-state index is 0.279. The average Bonchev–Trinajstić information content (AvgIpc) is 3.24. The summed E-state index contributed by atoms with van der Waals surface area (Å²) in [6, 6.07) is 0.279. The summed E-state index contributed by atoms with van der Waals surface area (Å²) in [5, 5.41) is 3.23. The third-order valence-electron chi connectivity index (χ3n) is 3.86. The van der Waals surface area contributed by atoms with Crippen molar-refractivity contribution in [3.63, 3.8) is 0 Å². The minimum atomic E-state index is -3.24. The van der Waals surface area contributed by atoms with Gasteiger partial charge in [0.15, 0.2) is 0 Å². The Morgan fingerprint density at radius 1 is 1.21 bits per heavy atom. The first-order valence-corrected chi connectivity index (χ1v) is 8.89. The summed E-state index contributed by atoms with van der Waals surface area (Å²) in [6.45, 7) is 5.22. The topological polar surface area (TPSA) is 52.7 Å². The van der Waals surface area contributed by atoms with Gasteiger partial charge in [-0.1, -0.05) is 6.92 Å². The SMILES string of the molecule is CCNCCCN(C)S(=O)(=O)N(CC1CC1)C1CC1. The molecule has 0 saturated heterocycles. The largest absolute Gasteiger partial charge is 0.317 e. The van der Waals surface area contributed by atoms with E-state index in [4.69, 9.17) is 0 Å². The van der Waals surface area contributed by atoms with E-state index in [-0.39, 0.29) is 6.04 Å². The first kappa shape index (κ1) is 15.2. The zero-order chi connectivity index (χ0) is 13.9. The van der Waals surface area contributed by atoms with Gasteiger partial charge in [-0.05, 0) is 51.1 Å². The fraction of sp³-hybridized carbons (Fsp3) is 1.00. The number of nitrogens with one attached hydrogen (secondary N) is 1. The Balaban J connectivity index is 1.86. The molecule has 0 aromatic rings. The Bertz CT molecular complexity index is 377. The number of nitrogens with zero attached hydrogens (tertiary/aromatic N) is 2. The van der Waals surface area contributed by atoms with Crippen molar-refractivity contribution in [3.8, 4) is 0 Å². The number of hydrogen-bond donors (Lipinski definition) is 1. The van der Waals surface area contributed by atoms with Crippen molar-refractivity contribution in [2.45, 2.75) is 45.1 Å². The van der Waals surface area contributed by atoms with E-state index in [1.807, 2.05) is 0 Å². The summed E-state index contributed by atoms with van der Waals surface area (Å²) in [4.78, 5) is 0. The predicted molar refractivity (Wildman–Crippen MR) is 77.2 cm³/mol. The molecule has 0 spiro atoms. The van der Waals surface area contributed by atoms with Gasteiger partial charge >= 0.3 is 0 Å². The summed E-state index contributed by atoms with van der Waals surface area (Å²) in [7, 11) is -1.53. The van der Waals surface area contributed by atoms with E-state index in [0.29, 0.717) is 12.5 Å². The van der Waals surface area contributed by atoms with Gasteiger partial charge in [-0.3, -0.25) is 0 Å². The van der Waals surface area contributed by atoms with Crippen LogP contribution in [0.3, 0.4) is 0 Å². The van der Waals surface area contributed by atoms with Gasteiger partial charge in [-0.25, -0.2) is 0 Å². The van der Waals surface area contributed by atoms with Gasteiger partial charge in [0.25, 0.3) is 10.2 Å². The molecule has 2 saturated carbocycles. The van der Waals surface area contributed by atoms with Gasteiger partial charge < -0.3 is 5.32 Å². The molecule has 0 aliphatic heterocycles. The van der Waals surface area contributed by atoms with E-state index in [2.05, 4.69) is 12.2 Å². The second kappa shape index (κ2) is 6.52. The molecule has 0 atom stereocenters. The van der Waals surface area contributed by atoms with E-state index in [0.717, 1.165) is 38.9 Å². The molecule has 2 fully saturated rings. The number of hydrogen-bond acceptors (Lipinski definition) is 3. The maximum absolute atomic E-state index is 12.6. The van der Waals surface area contributed by atoms with Crippen LogP contribution in [-0.4, -0.2) is 56.3 Å². The maximum atomic E-state index is 12.6. The quantitative estimate of drug-likeness (QED) is 0.611. The van der Waals surface area contributed by atoms with Crippen LogP contribution in [0.5, 0.6) is 0 Å². The van der Waals surface area contributed by atoms with Gasteiger partial charge in [0, 0.05) is 26.2 Å². The third kappa shape index (κ3) is 4.41. The lowest BCUT2D eigenvalue weighted by Gasteiger charge is -2.27. The molecule has 19 heavy (non-hydrogen) atoms. The first-order chi connectivity index (χ1) is 9.05. The molecule has 0 bridgehead atoms.